The van der Waals surface area contributed by atoms with Crippen LogP contribution in [-0.2, 0) is 0 Å². The summed E-state index contributed by atoms with van der Waals surface area (Å²) in [5, 5.41) is 15.9. The SMILES string of the molecule is Cc1ccc(NC(=O)Nc2ccccc2C(N)=O)c([N+](=O)[O-])c1. The summed E-state index contributed by atoms with van der Waals surface area (Å²) < 4.78 is 0. The number of para-hydroxylation sites is 1. The van der Waals surface area contributed by atoms with Crippen molar-refractivity contribution in [2.24, 2.45) is 5.73 Å². The molecule has 0 spiro atoms. The lowest BCUT2D eigenvalue weighted by atomic mass is 10.1. The molecule has 0 bridgehead atoms. The fourth-order valence-electron chi connectivity index (χ4n) is 1.98. The molecule has 3 amide bonds. The Labute approximate surface area is 131 Å². The number of aryl methyl sites for hydroxylation is 1. The number of benzene rings is 2. The maximum absolute atomic E-state index is 12.0. The smallest absolute Gasteiger partial charge is 0.323 e. The number of amides is 3. The molecule has 8 nitrogen and oxygen atoms in total. The number of primary amides is 1. The van der Waals surface area contributed by atoms with Crippen LogP contribution in [0.1, 0.15) is 15.9 Å². The van der Waals surface area contributed by atoms with Gasteiger partial charge in [-0.05, 0) is 30.7 Å². The lowest BCUT2D eigenvalue weighted by Crippen LogP contribution is -2.22. The van der Waals surface area contributed by atoms with Gasteiger partial charge in [-0.15, -0.1) is 0 Å². The summed E-state index contributed by atoms with van der Waals surface area (Å²) in [5.74, 6) is -0.692. The number of nitro benzene ring substituents is 1. The average Bonchev–Trinajstić information content (AvgIpc) is 2.49. The highest BCUT2D eigenvalue weighted by Crippen LogP contribution is 2.25. The predicted molar refractivity (Wildman–Crippen MR) is 85.4 cm³/mol. The summed E-state index contributed by atoms with van der Waals surface area (Å²) in [4.78, 5) is 33.8. The Morgan fingerprint density at radius 3 is 2.39 bits per heavy atom. The van der Waals surface area contributed by atoms with Crippen LogP contribution in [0, 0.1) is 17.0 Å². The van der Waals surface area contributed by atoms with Crippen molar-refractivity contribution in [1.82, 2.24) is 0 Å². The molecule has 8 heteroatoms. The van der Waals surface area contributed by atoms with Gasteiger partial charge in [0.1, 0.15) is 5.69 Å². The first-order valence-corrected chi connectivity index (χ1v) is 6.60. The van der Waals surface area contributed by atoms with Gasteiger partial charge in [-0.25, -0.2) is 4.79 Å². The third-order valence-corrected chi connectivity index (χ3v) is 3.04. The molecule has 0 saturated heterocycles. The quantitative estimate of drug-likeness (QED) is 0.592. The first kappa shape index (κ1) is 16.0. The minimum absolute atomic E-state index is 0.0506. The Morgan fingerprint density at radius 1 is 1.09 bits per heavy atom. The van der Waals surface area contributed by atoms with E-state index in [0.717, 1.165) is 0 Å². The highest BCUT2D eigenvalue weighted by Gasteiger charge is 2.17. The van der Waals surface area contributed by atoms with Crippen LogP contribution in [0.3, 0.4) is 0 Å². The lowest BCUT2D eigenvalue weighted by Gasteiger charge is -2.10. The molecule has 0 radical (unpaired) electrons. The third-order valence-electron chi connectivity index (χ3n) is 3.04. The molecule has 0 unspecified atom stereocenters. The van der Waals surface area contributed by atoms with Crippen molar-refractivity contribution in [2.45, 2.75) is 6.92 Å². The van der Waals surface area contributed by atoms with Crippen molar-refractivity contribution in [3.63, 3.8) is 0 Å². The molecule has 0 fully saturated rings. The molecule has 2 aromatic carbocycles. The summed E-state index contributed by atoms with van der Waals surface area (Å²) in [6.07, 6.45) is 0. The minimum atomic E-state index is -0.717. The number of hydrogen-bond donors (Lipinski definition) is 3. The topological polar surface area (TPSA) is 127 Å². The molecule has 0 aromatic heterocycles. The minimum Gasteiger partial charge on any atom is -0.366 e. The first-order chi connectivity index (χ1) is 10.9. The maximum atomic E-state index is 12.0. The zero-order valence-corrected chi connectivity index (χ0v) is 12.2. The fourth-order valence-corrected chi connectivity index (χ4v) is 1.98. The van der Waals surface area contributed by atoms with E-state index in [2.05, 4.69) is 10.6 Å². The van der Waals surface area contributed by atoms with Gasteiger partial charge in [-0.3, -0.25) is 14.9 Å². The second-order valence-corrected chi connectivity index (χ2v) is 4.77. The second-order valence-electron chi connectivity index (χ2n) is 4.77. The van der Waals surface area contributed by atoms with E-state index < -0.39 is 16.9 Å². The van der Waals surface area contributed by atoms with Crippen LogP contribution in [0.15, 0.2) is 42.5 Å². The molecule has 0 atom stereocenters. The molecule has 4 N–H and O–H groups in total. The van der Waals surface area contributed by atoms with Crippen LogP contribution in [0.2, 0.25) is 0 Å². The molecule has 118 valence electrons. The first-order valence-electron chi connectivity index (χ1n) is 6.60. The number of nitrogens with zero attached hydrogens (tertiary/aromatic N) is 1. The zero-order chi connectivity index (χ0) is 17.0. The van der Waals surface area contributed by atoms with Crippen molar-refractivity contribution in [1.29, 1.82) is 0 Å². The van der Waals surface area contributed by atoms with E-state index in [-0.39, 0.29) is 22.6 Å². The third kappa shape index (κ3) is 3.82. The van der Waals surface area contributed by atoms with Crippen LogP contribution in [0.25, 0.3) is 0 Å². The monoisotopic (exact) mass is 314 g/mol. The van der Waals surface area contributed by atoms with E-state index in [9.17, 15) is 19.7 Å². The number of hydrogen-bond acceptors (Lipinski definition) is 4. The van der Waals surface area contributed by atoms with E-state index in [1.165, 1.54) is 24.3 Å². The number of anilines is 2. The number of carbonyl (C=O) groups is 2. The van der Waals surface area contributed by atoms with Gasteiger partial charge in [0.2, 0.25) is 0 Å². The van der Waals surface area contributed by atoms with E-state index in [0.29, 0.717) is 5.56 Å². The summed E-state index contributed by atoms with van der Waals surface area (Å²) in [6.45, 7) is 1.71. The van der Waals surface area contributed by atoms with Gasteiger partial charge >= 0.3 is 6.03 Å². The van der Waals surface area contributed by atoms with E-state index >= 15 is 0 Å². The van der Waals surface area contributed by atoms with Gasteiger partial charge in [-0.1, -0.05) is 18.2 Å². The Balaban J connectivity index is 2.21. The Kier molecular flexibility index (Phi) is 4.55. The standard InChI is InChI=1S/C15H14N4O4/c1-9-6-7-12(13(8-9)19(22)23)18-15(21)17-11-5-3-2-4-10(11)14(16)20/h2-8H,1H3,(H2,16,20)(H2,17,18,21). The van der Waals surface area contributed by atoms with E-state index in [1.54, 1.807) is 25.1 Å². The molecule has 2 rings (SSSR count). The lowest BCUT2D eigenvalue weighted by molar-refractivity contribution is -0.384. The number of carbonyl (C=O) groups excluding carboxylic acids is 2. The van der Waals surface area contributed by atoms with Gasteiger partial charge in [-0.2, -0.15) is 0 Å². The van der Waals surface area contributed by atoms with Gasteiger partial charge in [0.05, 0.1) is 16.2 Å². The molecular formula is C15H14N4O4. The average molecular weight is 314 g/mol. The van der Waals surface area contributed by atoms with Gasteiger partial charge < -0.3 is 16.4 Å². The molecule has 0 aliphatic carbocycles. The van der Waals surface area contributed by atoms with E-state index in [1.807, 2.05) is 0 Å². The fraction of sp³-hybridized carbons (Fsp3) is 0.0667. The van der Waals surface area contributed by atoms with Crippen molar-refractivity contribution >= 4 is 29.0 Å². The second kappa shape index (κ2) is 6.56. The van der Waals surface area contributed by atoms with Gasteiger partial charge in [0, 0.05) is 6.07 Å². The van der Waals surface area contributed by atoms with Gasteiger partial charge in [0.15, 0.2) is 0 Å². The Bertz CT molecular complexity index is 789. The number of rotatable bonds is 4. The van der Waals surface area contributed by atoms with E-state index in [4.69, 9.17) is 5.73 Å². The molecular weight excluding hydrogens is 300 g/mol. The molecule has 0 aliphatic heterocycles. The maximum Gasteiger partial charge on any atom is 0.323 e. The number of urea groups is 1. The number of nitrogens with one attached hydrogen (secondary N) is 2. The van der Waals surface area contributed by atoms with Crippen LogP contribution < -0.4 is 16.4 Å². The molecule has 2 aromatic rings. The summed E-state index contributed by atoms with van der Waals surface area (Å²) >= 11 is 0. The largest absolute Gasteiger partial charge is 0.366 e. The van der Waals surface area contributed by atoms with Crippen LogP contribution in [0.5, 0.6) is 0 Å². The molecule has 23 heavy (non-hydrogen) atoms. The van der Waals surface area contributed by atoms with Crippen molar-refractivity contribution in [3.8, 4) is 0 Å². The Hall–Kier alpha value is -3.42. The summed E-state index contributed by atoms with van der Waals surface area (Å²) in [5.41, 5.74) is 6.11. The Morgan fingerprint density at radius 2 is 1.74 bits per heavy atom. The van der Waals surface area contributed by atoms with Crippen molar-refractivity contribution in [2.75, 3.05) is 10.6 Å². The van der Waals surface area contributed by atoms with Crippen molar-refractivity contribution < 1.29 is 14.5 Å². The molecule has 0 saturated carbocycles. The number of nitro groups is 1. The van der Waals surface area contributed by atoms with Crippen LogP contribution in [-0.4, -0.2) is 16.9 Å². The normalized spacial score (nSPS) is 9.96. The summed E-state index contributed by atoms with van der Waals surface area (Å²) in [7, 11) is 0. The number of nitrogens with two attached hydrogens (primary N) is 1. The zero-order valence-electron chi connectivity index (χ0n) is 12.2. The van der Waals surface area contributed by atoms with Gasteiger partial charge in [0.25, 0.3) is 11.6 Å². The molecule has 0 heterocycles. The molecule has 0 aliphatic rings. The van der Waals surface area contributed by atoms with Crippen molar-refractivity contribution in [3.05, 3.63) is 63.7 Å². The highest BCUT2D eigenvalue weighted by atomic mass is 16.6. The summed E-state index contributed by atoms with van der Waals surface area (Å²) in [6, 6.07) is 9.91. The predicted octanol–water partition coefficient (Wildman–Crippen LogP) is 2.65. The highest BCUT2D eigenvalue weighted by molar-refractivity contribution is 6.06. The van der Waals surface area contributed by atoms with Crippen LogP contribution in [0.4, 0.5) is 21.9 Å². The van der Waals surface area contributed by atoms with Crippen LogP contribution >= 0.6 is 0 Å².